The Morgan fingerprint density at radius 3 is 2.32 bits per heavy atom. The number of nitrogens with one attached hydrogen (secondary N) is 1. The van der Waals surface area contributed by atoms with Crippen LogP contribution in [0.4, 0.5) is 0 Å². The van der Waals surface area contributed by atoms with Gasteiger partial charge in [-0.2, -0.15) is 0 Å². The van der Waals surface area contributed by atoms with E-state index in [-0.39, 0.29) is 11.8 Å². The van der Waals surface area contributed by atoms with Crippen molar-refractivity contribution in [1.29, 1.82) is 0 Å². The number of hydrogen-bond acceptors (Lipinski definition) is 3. The summed E-state index contributed by atoms with van der Waals surface area (Å²) in [4.78, 5) is 0. The van der Waals surface area contributed by atoms with Crippen molar-refractivity contribution in [3.63, 3.8) is 0 Å². The summed E-state index contributed by atoms with van der Waals surface area (Å²) < 4.78 is 0. The van der Waals surface area contributed by atoms with Gasteiger partial charge in [-0.15, -0.1) is 0 Å². The Labute approximate surface area is 113 Å². The Balaban J connectivity index is 2.04. The van der Waals surface area contributed by atoms with Gasteiger partial charge in [-0.3, -0.25) is 0 Å². The summed E-state index contributed by atoms with van der Waals surface area (Å²) in [7, 11) is 0. The number of aromatic hydroxyl groups is 2. The van der Waals surface area contributed by atoms with E-state index in [9.17, 15) is 10.2 Å². The number of hydrogen-bond donors (Lipinski definition) is 3. The van der Waals surface area contributed by atoms with Crippen molar-refractivity contribution < 1.29 is 10.2 Å². The average molecular weight is 257 g/mol. The van der Waals surface area contributed by atoms with Crippen molar-refractivity contribution in [1.82, 2.24) is 5.32 Å². The molecule has 0 aromatic heterocycles. The van der Waals surface area contributed by atoms with Crippen molar-refractivity contribution in [2.75, 3.05) is 0 Å². The fourth-order valence-electron chi connectivity index (χ4n) is 2.10. The van der Waals surface area contributed by atoms with E-state index in [1.807, 2.05) is 30.3 Å². The second kappa shape index (κ2) is 6.25. The van der Waals surface area contributed by atoms with Gasteiger partial charge in [0.05, 0.1) is 0 Å². The zero-order valence-electron chi connectivity index (χ0n) is 11.0. The second-order valence-corrected chi connectivity index (χ2v) is 4.56. The lowest BCUT2D eigenvalue weighted by molar-refractivity contribution is 0.454. The fraction of sp³-hybridized carbons (Fsp3) is 0.250. The van der Waals surface area contributed by atoms with E-state index in [0.717, 1.165) is 17.5 Å². The average Bonchev–Trinajstić information content (AvgIpc) is 2.43. The van der Waals surface area contributed by atoms with E-state index >= 15 is 0 Å². The van der Waals surface area contributed by atoms with Gasteiger partial charge in [0.15, 0.2) is 0 Å². The lowest BCUT2D eigenvalue weighted by Crippen LogP contribution is -2.20. The molecular formula is C16H19NO2. The van der Waals surface area contributed by atoms with Crippen LogP contribution in [-0.2, 0) is 6.54 Å². The molecule has 2 aromatic rings. The molecule has 1 unspecified atom stereocenters. The normalized spacial score (nSPS) is 12.3. The third-order valence-electron chi connectivity index (χ3n) is 3.23. The van der Waals surface area contributed by atoms with Crippen LogP contribution in [0, 0.1) is 0 Å². The van der Waals surface area contributed by atoms with Crippen LogP contribution in [0.2, 0.25) is 0 Å². The predicted octanol–water partition coefficient (Wildman–Crippen LogP) is 3.34. The predicted molar refractivity (Wildman–Crippen MR) is 76.1 cm³/mol. The second-order valence-electron chi connectivity index (χ2n) is 4.56. The largest absolute Gasteiger partial charge is 0.508 e. The summed E-state index contributed by atoms with van der Waals surface area (Å²) in [6.45, 7) is 2.72. The van der Waals surface area contributed by atoms with Gasteiger partial charge in [-0.25, -0.2) is 0 Å². The number of rotatable bonds is 5. The van der Waals surface area contributed by atoms with Gasteiger partial charge in [0, 0.05) is 18.2 Å². The minimum absolute atomic E-state index is 0.209. The van der Waals surface area contributed by atoms with Crippen LogP contribution in [0.5, 0.6) is 11.5 Å². The van der Waals surface area contributed by atoms with Crippen LogP contribution < -0.4 is 5.32 Å². The molecule has 0 amide bonds. The van der Waals surface area contributed by atoms with Crippen molar-refractivity contribution >= 4 is 0 Å². The minimum atomic E-state index is 0.209. The van der Waals surface area contributed by atoms with Gasteiger partial charge < -0.3 is 15.5 Å². The summed E-state index contributed by atoms with van der Waals surface area (Å²) in [6.07, 6.45) is 0.943. The molecule has 0 aliphatic heterocycles. The molecule has 2 aromatic carbocycles. The molecule has 100 valence electrons. The maximum Gasteiger partial charge on any atom is 0.120 e. The van der Waals surface area contributed by atoms with Crippen LogP contribution in [-0.4, -0.2) is 10.2 Å². The van der Waals surface area contributed by atoms with Crippen LogP contribution in [0.1, 0.15) is 30.5 Å². The Kier molecular flexibility index (Phi) is 4.42. The Morgan fingerprint density at radius 2 is 1.68 bits per heavy atom. The highest BCUT2D eigenvalue weighted by molar-refractivity contribution is 5.32. The highest BCUT2D eigenvalue weighted by atomic mass is 16.3. The Morgan fingerprint density at radius 1 is 1.00 bits per heavy atom. The molecule has 1 atom stereocenters. The summed E-state index contributed by atoms with van der Waals surface area (Å²) >= 11 is 0. The topological polar surface area (TPSA) is 52.5 Å². The van der Waals surface area contributed by atoms with Crippen LogP contribution in [0.3, 0.4) is 0 Å². The highest BCUT2D eigenvalue weighted by Crippen LogP contribution is 2.21. The molecule has 0 aliphatic rings. The zero-order valence-corrected chi connectivity index (χ0v) is 11.0. The number of benzene rings is 2. The maximum absolute atomic E-state index is 9.73. The van der Waals surface area contributed by atoms with Crippen LogP contribution in [0.15, 0.2) is 48.5 Å². The van der Waals surface area contributed by atoms with E-state index in [0.29, 0.717) is 12.3 Å². The molecule has 0 heterocycles. The third kappa shape index (κ3) is 3.48. The molecule has 0 aliphatic carbocycles. The molecule has 19 heavy (non-hydrogen) atoms. The van der Waals surface area contributed by atoms with Crippen LogP contribution in [0.25, 0.3) is 0 Å². The first-order chi connectivity index (χ1) is 9.20. The van der Waals surface area contributed by atoms with Gasteiger partial charge in [0.25, 0.3) is 0 Å². The molecule has 3 heteroatoms. The monoisotopic (exact) mass is 257 g/mol. The van der Waals surface area contributed by atoms with Gasteiger partial charge in [0.1, 0.15) is 11.5 Å². The lowest BCUT2D eigenvalue weighted by Gasteiger charge is -2.18. The molecule has 3 N–H and O–H groups in total. The summed E-state index contributed by atoms with van der Waals surface area (Å²) in [5, 5.41) is 22.5. The molecular weight excluding hydrogens is 238 g/mol. The molecule has 0 bridgehead atoms. The van der Waals surface area contributed by atoms with E-state index in [1.165, 1.54) is 0 Å². The smallest absolute Gasteiger partial charge is 0.120 e. The van der Waals surface area contributed by atoms with E-state index < -0.39 is 0 Å². The third-order valence-corrected chi connectivity index (χ3v) is 3.23. The molecule has 0 saturated heterocycles. The molecule has 0 radical (unpaired) electrons. The summed E-state index contributed by atoms with van der Waals surface area (Å²) in [6, 6.07) is 14.8. The number of para-hydroxylation sites is 1. The Hall–Kier alpha value is -2.00. The minimum Gasteiger partial charge on any atom is -0.508 e. The van der Waals surface area contributed by atoms with E-state index in [1.54, 1.807) is 18.2 Å². The van der Waals surface area contributed by atoms with Crippen molar-refractivity contribution in [2.45, 2.75) is 25.9 Å². The van der Waals surface area contributed by atoms with Crippen molar-refractivity contribution in [2.24, 2.45) is 0 Å². The molecule has 0 fully saturated rings. The maximum atomic E-state index is 9.73. The molecule has 3 nitrogen and oxygen atoms in total. The SMILES string of the molecule is CCC(NCc1ccccc1O)c1ccc(O)cc1. The first-order valence-corrected chi connectivity index (χ1v) is 6.50. The lowest BCUT2D eigenvalue weighted by atomic mass is 10.0. The number of phenolic OH excluding ortho intramolecular Hbond substituents is 2. The van der Waals surface area contributed by atoms with Crippen molar-refractivity contribution in [3.8, 4) is 11.5 Å². The van der Waals surface area contributed by atoms with E-state index in [2.05, 4.69) is 12.2 Å². The van der Waals surface area contributed by atoms with Gasteiger partial charge in [-0.1, -0.05) is 37.3 Å². The summed E-state index contributed by atoms with van der Waals surface area (Å²) in [5.74, 6) is 0.592. The molecule has 2 rings (SSSR count). The first-order valence-electron chi connectivity index (χ1n) is 6.50. The zero-order chi connectivity index (χ0) is 13.7. The standard InChI is InChI=1S/C16H19NO2/c1-2-15(12-7-9-14(18)10-8-12)17-11-13-5-3-4-6-16(13)19/h3-10,15,17-19H,2,11H2,1H3. The highest BCUT2D eigenvalue weighted by Gasteiger charge is 2.09. The summed E-state index contributed by atoms with van der Waals surface area (Å²) in [5.41, 5.74) is 2.02. The first kappa shape index (κ1) is 13.4. The van der Waals surface area contributed by atoms with Gasteiger partial charge >= 0.3 is 0 Å². The number of phenols is 2. The molecule has 0 spiro atoms. The fourth-order valence-corrected chi connectivity index (χ4v) is 2.10. The quantitative estimate of drug-likeness (QED) is 0.770. The van der Waals surface area contributed by atoms with Gasteiger partial charge in [0.2, 0.25) is 0 Å². The van der Waals surface area contributed by atoms with E-state index in [4.69, 9.17) is 0 Å². The Bertz CT molecular complexity index is 523. The molecule has 0 saturated carbocycles. The van der Waals surface area contributed by atoms with Gasteiger partial charge in [-0.05, 0) is 30.2 Å². The van der Waals surface area contributed by atoms with Crippen LogP contribution >= 0.6 is 0 Å². The van der Waals surface area contributed by atoms with Crippen molar-refractivity contribution in [3.05, 3.63) is 59.7 Å².